The Morgan fingerprint density at radius 1 is 1.13 bits per heavy atom. The molecular weight excluding hydrogens is 300 g/mol. The first-order valence-corrected chi connectivity index (χ1v) is 7.01. The lowest BCUT2D eigenvalue weighted by molar-refractivity contribution is -0.107. The van der Waals surface area contributed by atoms with Gasteiger partial charge in [0.25, 0.3) is 0 Å². The van der Waals surface area contributed by atoms with Crippen molar-refractivity contribution in [3.63, 3.8) is 0 Å². The summed E-state index contributed by atoms with van der Waals surface area (Å²) in [5.74, 6) is -0.889. The van der Waals surface area contributed by atoms with Gasteiger partial charge >= 0.3 is 0 Å². The average molecular weight is 314 g/mol. The zero-order chi connectivity index (χ0) is 16.6. The van der Waals surface area contributed by atoms with Gasteiger partial charge in [0.2, 0.25) is 0 Å². The van der Waals surface area contributed by atoms with Gasteiger partial charge in [-0.3, -0.25) is 4.79 Å². The summed E-state index contributed by atoms with van der Waals surface area (Å²) in [6, 6.07) is 7.25. The van der Waals surface area contributed by atoms with Gasteiger partial charge in [-0.2, -0.15) is 0 Å². The minimum absolute atomic E-state index is 0.0106. The van der Waals surface area contributed by atoms with Crippen molar-refractivity contribution in [2.75, 3.05) is 0 Å². The Morgan fingerprint density at radius 2 is 1.83 bits per heavy atom. The third kappa shape index (κ3) is 2.59. The van der Waals surface area contributed by atoms with E-state index < -0.39 is 6.10 Å². The van der Waals surface area contributed by atoms with Crippen LogP contribution in [0.5, 0.6) is 23.0 Å². The number of rotatable bonds is 3. The van der Waals surface area contributed by atoms with Crippen LogP contribution in [0.15, 0.2) is 30.3 Å². The molecule has 0 aliphatic carbocycles. The topological polar surface area (TPSA) is 104 Å². The Bertz CT molecular complexity index is 779. The molecule has 2 aromatic rings. The lowest BCUT2D eigenvalue weighted by Gasteiger charge is -2.28. The monoisotopic (exact) mass is 314 g/mol. The standard InChI is InChI=1S/C17H14O6/c18-6-5-11-12(20)7-13(21)16-14(22)8-15(23-17(11)16)9-1-3-10(19)4-2-9/h1-4,6-7,15,19-21H,5,8H2. The van der Waals surface area contributed by atoms with Crippen LogP contribution in [-0.4, -0.2) is 27.4 Å². The van der Waals surface area contributed by atoms with Gasteiger partial charge in [0.05, 0.1) is 6.42 Å². The van der Waals surface area contributed by atoms with Crippen LogP contribution in [0.3, 0.4) is 0 Å². The van der Waals surface area contributed by atoms with E-state index in [4.69, 9.17) is 4.74 Å². The summed E-state index contributed by atoms with van der Waals surface area (Å²) in [7, 11) is 0. The SMILES string of the molecule is O=CCc1c(O)cc(O)c2c1OC(c1ccc(O)cc1)CC2=O. The molecule has 3 rings (SSSR count). The molecule has 0 amide bonds. The first kappa shape index (κ1) is 14.9. The van der Waals surface area contributed by atoms with Gasteiger partial charge in [-0.25, -0.2) is 0 Å². The molecule has 1 atom stereocenters. The van der Waals surface area contributed by atoms with Gasteiger partial charge in [-0.1, -0.05) is 12.1 Å². The molecule has 0 aromatic heterocycles. The van der Waals surface area contributed by atoms with E-state index in [1.165, 1.54) is 12.1 Å². The second-order valence-corrected chi connectivity index (χ2v) is 5.29. The summed E-state index contributed by atoms with van der Waals surface area (Å²) in [4.78, 5) is 23.2. The van der Waals surface area contributed by atoms with Crippen LogP contribution < -0.4 is 4.74 Å². The zero-order valence-electron chi connectivity index (χ0n) is 12.0. The molecule has 1 heterocycles. The molecule has 23 heavy (non-hydrogen) atoms. The Balaban J connectivity index is 2.08. The maximum atomic E-state index is 12.4. The molecule has 0 bridgehead atoms. The van der Waals surface area contributed by atoms with Crippen LogP contribution in [0.4, 0.5) is 0 Å². The number of carbonyl (C=O) groups excluding carboxylic acids is 2. The molecule has 0 radical (unpaired) electrons. The van der Waals surface area contributed by atoms with E-state index in [-0.39, 0.29) is 52.7 Å². The van der Waals surface area contributed by atoms with E-state index in [0.717, 1.165) is 6.07 Å². The number of carbonyl (C=O) groups is 2. The highest BCUT2D eigenvalue weighted by Crippen LogP contribution is 2.45. The van der Waals surface area contributed by atoms with Crippen molar-refractivity contribution < 1.29 is 29.6 Å². The number of hydrogen-bond donors (Lipinski definition) is 3. The van der Waals surface area contributed by atoms with Crippen LogP contribution in [-0.2, 0) is 11.2 Å². The van der Waals surface area contributed by atoms with Crippen LogP contribution in [0.2, 0.25) is 0 Å². The van der Waals surface area contributed by atoms with Gasteiger partial charge in [-0.05, 0) is 17.7 Å². The Morgan fingerprint density at radius 3 is 2.48 bits per heavy atom. The van der Waals surface area contributed by atoms with E-state index in [0.29, 0.717) is 11.8 Å². The highest BCUT2D eigenvalue weighted by atomic mass is 16.5. The van der Waals surface area contributed by atoms with Crippen molar-refractivity contribution in [1.29, 1.82) is 0 Å². The second kappa shape index (κ2) is 5.64. The number of ether oxygens (including phenoxy) is 1. The summed E-state index contributed by atoms with van der Waals surface area (Å²) in [6.07, 6.45) is -0.160. The third-order valence-corrected chi connectivity index (χ3v) is 3.80. The fourth-order valence-electron chi connectivity index (χ4n) is 2.68. The third-order valence-electron chi connectivity index (χ3n) is 3.80. The van der Waals surface area contributed by atoms with Gasteiger partial charge in [0.15, 0.2) is 5.78 Å². The molecular formula is C17H14O6. The molecule has 0 saturated heterocycles. The first-order valence-electron chi connectivity index (χ1n) is 7.01. The number of phenols is 3. The van der Waals surface area contributed by atoms with Crippen LogP contribution >= 0.6 is 0 Å². The van der Waals surface area contributed by atoms with E-state index in [1.54, 1.807) is 12.1 Å². The normalized spacial score (nSPS) is 16.5. The van der Waals surface area contributed by atoms with Crippen molar-refractivity contribution in [2.24, 2.45) is 0 Å². The van der Waals surface area contributed by atoms with E-state index >= 15 is 0 Å². The fourth-order valence-corrected chi connectivity index (χ4v) is 2.68. The molecule has 118 valence electrons. The minimum Gasteiger partial charge on any atom is -0.508 e. The van der Waals surface area contributed by atoms with Gasteiger partial charge < -0.3 is 24.9 Å². The Kier molecular flexibility index (Phi) is 3.65. The summed E-state index contributed by atoms with van der Waals surface area (Å²) in [5, 5.41) is 29.2. The number of fused-ring (bicyclic) bond motifs is 1. The van der Waals surface area contributed by atoms with Crippen LogP contribution in [0, 0.1) is 0 Å². The number of phenolic OH excluding ortho intramolecular Hbond substituents is 3. The van der Waals surface area contributed by atoms with Gasteiger partial charge in [0.1, 0.15) is 41.0 Å². The average Bonchev–Trinajstić information content (AvgIpc) is 2.51. The number of Topliss-reactive ketones (excluding diaryl/α,β-unsaturated/α-hetero) is 1. The van der Waals surface area contributed by atoms with Gasteiger partial charge in [-0.15, -0.1) is 0 Å². The van der Waals surface area contributed by atoms with Crippen molar-refractivity contribution in [3.8, 4) is 23.0 Å². The smallest absolute Gasteiger partial charge is 0.174 e. The van der Waals surface area contributed by atoms with E-state index in [1.807, 2.05) is 0 Å². The maximum Gasteiger partial charge on any atom is 0.174 e. The molecule has 3 N–H and O–H groups in total. The predicted molar refractivity (Wildman–Crippen MR) is 80.0 cm³/mol. The lowest BCUT2D eigenvalue weighted by Crippen LogP contribution is -2.21. The van der Waals surface area contributed by atoms with Crippen LogP contribution in [0.25, 0.3) is 0 Å². The van der Waals surface area contributed by atoms with Crippen molar-refractivity contribution in [1.82, 2.24) is 0 Å². The number of benzene rings is 2. The maximum absolute atomic E-state index is 12.4. The highest BCUT2D eigenvalue weighted by molar-refractivity contribution is 6.03. The molecule has 0 fully saturated rings. The first-order chi connectivity index (χ1) is 11.0. The van der Waals surface area contributed by atoms with E-state index in [2.05, 4.69) is 0 Å². The second-order valence-electron chi connectivity index (χ2n) is 5.29. The van der Waals surface area contributed by atoms with Crippen molar-refractivity contribution in [2.45, 2.75) is 18.9 Å². The highest BCUT2D eigenvalue weighted by Gasteiger charge is 2.33. The molecule has 1 aliphatic heterocycles. The molecule has 0 saturated carbocycles. The molecule has 6 nitrogen and oxygen atoms in total. The summed E-state index contributed by atoms with van der Waals surface area (Å²) < 4.78 is 5.79. The number of aldehydes is 1. The summed E-state index contributed by atoms with van der Waals surface area (Å²) >= 11 is 0. The van der Waals surface area contributed by atoms with Crippen molar-refractivity contribution in [3.05, 3.63) is 47.0 Å². The Hall–Kier alpha value is -3.02. The van der Waals surface area contributed by atoms with Crippen molar-refractivity contribution >= 4 is 12.1 Å². The van der Waals surface area contributed by atoms with Crippen LogP contribution in [0.1, 0.15) is 34.0 Å². The largest absolute Gasteiger partial charge is 0.508 e. The molecule has 6 heteroatoms. The minimum atomic E-state index is -0.623. The lowest BCUT2D eigenvalue weighted by atomic mass is 9.92. The fraction of sp³-hybridized carbons (Fsp3) is 0.176. The molecule has 2 aromatic carbocycles. The number of hydrogen-bond acceptors (Lipinski definition) is 6. The Labute approximate surface area is 131 Å². The summed E-state index contributed by atoms with van der Waals surface area (Å²) in [6.45, 7) is 0. The predicted octanol–water partition coefficient (Wildman–Crippen LogP) is 2.25. The number of aromatic hydroxyl groups is 3. The number of ketones is 1. The quantitative estimate of drug-likeness (QED) is 0.751. The van der Waals surface area contributed by atoms with Gasteiger partial charge in [0, 0.05) is 18.1 Å². The van der Waals surface area contributed by atoms with E-state index in [9.17, 15) is 24.9 Å². The molecule has 1 unspecified atom stereocenters. The molecule has 1 aliphatic rings. The zero-order valence-corrected chi connectivity index (χ0v) is 12.0. The molecule has 0 spiro atoms. The summed E-state index contributed by atoms with van der Waals surface area (Å²) in [5.41, 5.74) is 0.820.